The SMILES string of the molecule is CC(=O)OC1CC(N(C)C)C(OC(C)=O)C(C)O1. The zero-order valence-corrected chi connectivity index (χ0v) is 11.5. The van der Waals surface area contributed by atoms with E-state index in [9.17, 15) is 9.59 Å². The zero-order valence-electron chi connectivity index (χ0n) is 11.5. The molecule has 0 aromatic carbocycles. The summed E-state index contributed by atoms with van der Waals surface area (Å²) in [5.74, 6) is -0.719. The monoisotopic (exact) mass is 259 g/mol. The van der Waals surface area contributed by atoms with Gasteiger partial charge < -0.3 is 19.1 Å². The lowest BCUT2D eigenvalue weighted by atomic mass is 9.98. The highest BCUT2D eigenvalue weighted by Gasteiger charge is 2.40. The maximum absolute atomic E-state index is 11.1. The molecule has 1 fully saturated rings. The standard InChI is InChI=1S/C12H21NO5/c1-7-12(18-9(3)15)10(13(4)5)6-11(16-7)17-8(2)14/h7,10-12H,6H2,1-5H3. The summed E-state index contributed by atoms with van der Waals surface area (Å²) in [5.41, 5.74) is 0. The van der Waals surface area contributed by atoms with E-state index in [1.807, 2.05) is 19.0 Å². The molecule has 104 valence electrons. The fourth-order valence-electron chi connectivity index (χ4n) is 2.15. The summed E-state index contributed by atoms with van der Waals surface area (Å²) in [6.07, 6.45) is -0.782. The number of nitrogens with zero attached hydrogens (tertiary/aromatic N) is 1. The predicted molar refractivity (Wildman–Crippen MR) is 63.7 cm³/mol. The molecule has 6 heteroatoms. The number of ether oxygens (including phenoxy) is 3. The average Bonchev–Trinajstić information content (AvgIpc) is 2.19. The van der Waals surface area contributed by atoms with Gasteiger partial charge in [-0.15, -0.1) is 0 Å². The highest BCUT2D eigenvalue weighted by Crippen LogP contribution is 2.26. The van der Waals surface area contributed by atoms with Crippen molar-refractivity contribution in [1.29, 1.82) is 0 Å². The Labute approximate surface area is 107 Å². The Morgan fingerprint density at radius 1 is 1.17 bits per heavy atom. The lowest BCUT2D eigenvalue weighted by molar-refractivity contribution is -0.236. The van der Waals surface area contributed by atoms with Gasteiger partial charge in [-0.2, -0.15) is 0 Å². The number of likely N-dealkylation sites (N-methyl/N-ethyl adjacent to an activating group) is 1. The van der Waals surface area contributed by atoms with Crippen LogP contribution in [-0.4, -0.2) is 55.5 Å². The molecule has 0 aliphatic carbocycles. The Morgan fingerprint density at radius 3 is 2.17 bits per heavy atom. The molecule has 0 aromatic rings. The molecule has 4 atom stereocenters. The van der Waals surface area contributed by atoms with Gasteiger partial charge in [0.25, 0.3) is 0 Å². The molecule has 6 nitrogen and oxygen atoms in total. The van der Waals surface area contributed by atoms with Crippen molar-refractivity contribution < 1.29 is 23.8 Å². The molecule has 0 spiro atoms. The van der Waals surface area contributed by atoms with Gasteiger partial charge >= 0.3 is 11.9 Å². The summed E-state index contributed by atoms with van der Waals surface area (Å²) in [6.45, 7) is 4.52. The van der Waals surface area contributed by atoms with E-state index < -0.39 is 6.29 Å². The molecule has 0 saturated carbocycles. The summed E-state index contributed by atoms with van der Waals surface area (Å²) in [5, 5.41) is 0. The maximum Gasteiger partial charge on any atom is 0.304 e. The Kier molecular flexibility index (Phi) is 5.10. The Hall–Kier alpha value is -1.14. The number of rotatable bonds is 3. The number of carbonyl (C=O) groups excluding carboxylic acids is 2. The van der Waals surface area contributed by atoms with Crippen LogP contribution in [0.1, 0.15) is 27.2 Å². The summed E-state index contributed by atoms with van der Waals surface area (Å²) in [4.78, 5) is 24.0. The quantitative estimate of drug-likeness (QED) is 0.689. The lowest BCUT2D eigenvalue weighted by Crippen LogP contribution is -2.55. The van der Waals surface area contributed by atoms with Crippen LogP contribution in [0.2, 0.25) is 0 Å². The van der Waals surface area contributed by atoms with Gasteiger partial charge in [-0.05, 0) is 21.0 Å². The Bertz CT molecular complexity index is 318. The second kappa shape index (κ2) is 6.15. The van der Waals surface area contributed by atoms with Gasteiger partial charge in [-0.3, -0.25) is 9.59 Å². The van der Waals surface area contributed by atoms with Crippen molar-refractivity contribution in [1.82, 2.24) is 4.90 Å². The van der Waals surface area contributed by atoms with Gasteiger partial charge in [0.05, 0.1) is 12.1 Å². The summed E-state index contributed by atoms with van der Waals surface area (Å²) >= 11 is 0. The van der Waals surface area contributed by atoms with Crippen LogP contribution in [0.3, 0.4) is 0 Å². The molecule has 1 saturated heterocycles. The molecule has 1 rings (SSSR count). The third-order valence-corrected chi connectivity index (χ3v) is 2.91. The first kappa shape index (κ1) is 14.9. The van der Waals surface area contributed by atoms with Gasteiger partial charge in [0, 0.05) is 20.3 Å². The van der Waals surface area contributed by atoms with Crippen LogP contribution in [0.5, 0.6) is 0 Å². The van der Waals surface area contributed by atoms with E-state index in [2.05, 4.69) is 0 Å². The number of carbonyl (C=O) groups is 2. The molecular formula is C12H21NO5. The van der Waals surface area contributed by atoms with Crippen LogP contribution in [0.15, 0.2) is 0 Å². The van der Waals surface area contributed by atoms with Gasteiger partial charge in [-0.1, -0.05) is 0 Å². The molecule has 18 heavy (non-hydrogen) atoms. The summed E-state index contributed by atoms with van der Waals surface area (Å²) < 4.78 is 15.9. The first-order valence-electron chi connectivity index (χ1n) is 5.97. The van der Waals surface area contributed by atoms with E-state index >= 15 is 0 Å². The third kappa shape index (κ3) is 3.96. The zero-order chi connectivity index (χ0) is 13.9. The molecule has 0 N–H and O–H groups in total. The first-order chi connectivity index (χ1) is 8.31. The minimum Gasteiger partial charge on any atom is -0.458 e. The molecule has 1 heterocycles. The van der Waals surface area contributed by atoms with E-state index in [1.165, 1.54) is 13.8 Å². The maximum atomic E-state index is 11.1. The Morgan fingerprint density at radius 2 is 1.72 bits per heavy atom. The minimum absolute atomic E-state index is 0.0398. The second-order valence-electron chi connectivity index (χ2n) is 4.72. The first-order valence-corrected chi connectivity index (χ1v) is 5.97. The van der Waals surface area contributed by atoms with Crippen molar-refractivity contribution in [2.24, 2.45) is 0 Å². The third-order valence-electron chi connectivity index (χ3n) is 2.91. The fourth-order valence-corrected chi connectivity index (χ4v) is 2.15. The number of hydrogen-bond donors (Lipinski definition) is 0. The van der Waals surface area contributed by atoms with Crippen molar-refractivity contribution in [2.45, 2.75) is 51.7 Å². The fraction of sp³-hybridized carbons (Fsp3) is 0.833. The predicted octanol–water partition coefficient (Wildman–Crippen LogP) is 0.546. The smallest absolute Gasteiger partial charge is 0.304 e. The number of hydrogen-bond acceptors (Lipinski definition) is 6. The molecule has 1 aliphatic rings. The van der Waals surface area contributed by atoms with E-state index in [0.29, 0.717) is 6.42 Å². The van der Waals surface area contributed by atoms with Crippen LogP contribution in [-0.2, 0) is 23.8 Å². The van der Waals surface area contributed by atoms with E-state index in [4.69, 9.17) is 14.2 Å². The molecule has 0 bridgehead atoms. The van der Waals surface area contributed by atoms with E-state index in [0.717, 1.165) is 0 Å². The normalized spacial score (nSPS) is 32.1. The van der Waals surface area contributed by atoms with Crippen LogP contribution >= 0.6 is 0 Å². The van der Waals surface area contributed by atoms with Crippen molar-refractivity contribution in [3.8, 4) is 0 Å². The topological polar surface area (TPSA) is 65.1 Å². The lowest BCUT2D eigenvalue weighted by Gasteiger charge is -2.41. The van der Waals surface area contributed by atoms with E-state index in [1.54, 1.807) is 6.92 Å². The van der Waals surface area contributed by atoms with Gasteiger partial charge in [0.15, 0.2) is 0 Å². The highest BCUT2D eigenvalue weighted by molar-refractivity contribution is 5.66. The van der Waals surface area contributed by atoms with Gasteiger partial charge in [0.2, 0.25) is 6.29 Å². The molecule has 4 unspecified atom stereocenters. The summed E-state index contributed by atoms with van der Waals surface area (Å²) in [6, 6.07) is -0.0398. The van der Waals surface area contributed by atoms with Gasteiger partial charge in [-0.25, -0.2) is 0 Å². The van der Waals surface area contributed by atoms with Crippen LogP contribution in [0.25, 0.3) is 0 Å². The van der Waals surface area contributed by atoms with Crippen molar-refractivity contribution in [3.63, 3.8) is 0 Å². The molecular weight excluding hydrogens is 238 g/mol. The van der Waals surface area contributed by atoms with Crippen LogP contribution in [0, 0.1) is 0 Å². The van der Waals surface area contributed by atoms with Crippen molar-refractivity contribution in [2.75, 3.05) is 14.1 Å². The average molecular weight is 259 g/mol. The van der Waals surface area contributed by atoms with E-state index in [-0.39, 0.29) is 30.2 Å². The largest absolute Gasteiger partial charge is 0.458 e. The summed E-state index contributed by atoms with van der Waals surface area (Å²) in [7, 11) is 3.79. The van der Waals surface area contributed by atoms with Gasteiger partial charge in [0.1, 0.15) is 6.10 Å². The molecule has 0 aromatic heterocycles. The second-order valence-corrected chi connectivity index (χ2v) is 4.72. The highest BCUT2D eigenvalue weighted by atomic mass is 16.7. The minimum atomic E-state index is -0.586. The van der Waals surface area contributed by atoms with Crippen LogP contribution in [0.4, 0.5) is 0 Å². The van der Waals surface area contributed by atoms with Crippen molar-refractivity contribution >= 4 is 11.9 Å². The van der Waals surface area contributed by atoms with Crippen LogP contribution < -0.4 is 0 Å². The van der Waals surface area contributed by atoms with Crippen molar-refractivity contribution in [3.05, 3.63) is 0 Å². The molecule has 0 amide bonds. The molecule has 0 radical (unpaired) electrons. The Balaban J connectivity index is 2.75. The molecule has 1 aliphatic heterocycles. The number of esters is 2.